The van der Waals surface area contributed by atoms with Crippen molar-refractivity contribution < 1.29 is 20.1 Å². The Balaban J connectivity index is 2.42. The van der Waals surface area contributed by atoms with Crippen LogP contribution in [0.4, 0.5) is 0 Å². The maximum atomic E-state index is 12.8. The number of carboxylic acids is 1. The molecule has 3 aromatic rings. The predicted molar refractivity (Wildman–Crippen MR) is 89.6 cm³/mol. The third-order valence-corrected chi connectivity index (χ3v) is 3.82. The Morgan fingerprint density at radius 3 is 2.58 bits per heavy atom. The summed E-state index contributed by atoms with van der Waals surface area (Å²) in [6.45, 7) is -0.437. The molecule has 0 aliphatic heterocycles. The normalized spacial score (nSPS) is 10.9. The van der Waals surface area contributed by atoms with E-state index in [4.69, 9.17) is 16.7 Å². The summed E-state index contributed by atoms with van der Waals surface area (Å²) in [5.41, 5.74) is 0.352. The van der Waals surface area contributed by atoms with Gasteiger partial charge < -0.3 is 19.9 Å². The van der Waals surface area contributed by atoms with E-state index in [-0.39, 0.29) is 22.2 Å². The molecule has 2 aromatic carbocycles. The van der Waals surface area contributed by atoms with Gasteiger partial charge in [-0.2, -0.15) is 0 Å². The van der Waals surface area contributed by atoms with Crippen molar-refractivity contribution in [3.05, 3.63) is 57.8 Å². The minimum Gasteiger partial charge on any atom is -0.508 e. The molecule has 1 aromatic heterocycles. The summed E-state index contributed by atoms with van der Waals surface area (Å²) in [6, 6.07) is 8.83. The van der Waals surface area contributed by atoms with Crippen LogP contribution in [-0.2, 0) is 11.3 Å². The monoisotopic (exact) mass is 345 g/mol. The number of hydrogen-bond donors (Lipinski definition) is 3. The minimum absolute atomic E-state index is 0.0634. The Morgan fingerprint density at radius 1 is 1.17 bits per heavy atom. The predicted octanol–water partition coefficient (Wildman–Crippen LogP) is 2.82. The lowest BCUT2D eigenvalue weighted by Crippen LogP contribution is -2.16. The zero-order valence-corrected chi connectivity index (χ0v) is 13.0. The van der Waals surface area contributed by atoms with Crippen molar-refractivity contribution in [3.63, 3.8) is 0 Å². The third kappa shape index (κ3) is 2.79. The van der Waals surface area contributed by atoms with E-state index in [2.05, 4.69) is 0 Å². The van der Waals surface area contributed by atoms with Gasteiger partial charge in [0.2, 0.25) is 5.43 Å². The summed E-state index contributed by atoms with van der Waals surface area (Å²) in [7, 11) is 0. The van der Waals surface area contributed by atoms with E-state index in [0.29, 0.717) is 10.6 Å². The molecule has 122 valence electrons. The standard InChI is InChI=1S/C17H12ClNO5/c18-10-3-1-2-9(4-10)12-7-19(8-15(22)23)13-5-11(20)6-14(21)16(13)17(12)24/h1-7,20-21H,8H2,(H,22,23). The number of benzene rings is 2. The Labute approximate surface area is 140 Å². The van der Waals surface area contributed by atoms with Gasteiger partial charge in [0.25, 0.3) is 0 Å². The number of aromatic hydroxyl groups is 2. The molecule has 0 unspecified atom stereocenters. The average Bonchev–Trinajstić information content (AvgIpc) is 2.49. The first-order valence-electron chi connectivity index (χ1n) is 6.93. The maximum Gasteiger partial charge on any atom is 0.323 e. The highest BCUT2D eigenvalue weighted by Gasteiger charge is 2.16. The molecule has 0 saturated heterocycles. The van der Waals surface area contributed by atoms with E-state index in [9.17, 15) is 19.8 Å². The quantitative estimate of drug-likeness (QED) is 0.677. The van der Waals surface area contributed by atoms with Crippen molar-refractivity contribution >= 4 is 28.5 Å². The van der Waals surface area contributed by atoms with Crippen LogP contribution in [0.5, 0.6) is 11.5 Å². The molecule has 0 amide bonds. The summed E-state index contributed by atoms with van der Waals surface area (Å²) >= 11 is 5.96. The summed E-state index contributed by atoms with van der Waals surface area (Å²) < 4.78 is 1.29. The molecule has 0 spiro atoms. The Morgan fingerprint density at radius 2 is 1.92 bits per heavy atom. The van der Waals surface area contributed by atoms with Crippen molar-refractivity contribution in [2.75, 3.05) is 0 Å². The second-order valence-electron chi connectivity index (χ2n) is 5.26. The van der Waals surface area contributed by atoms with E-state index >= 15 is 0 Å². The van der Waals surface area contributed by atoms with Crippen molar-refractivity contribution in [3.8, 4) is 22.6 Å². The van der Waals surface area contributed by atoms with Crippen LogP contribution in [-0.4, -0.2) is 25.9 Å². The van der Waals surface area contributed by atoms with E-state index in [0.717, 1.165) is 6.07 Å². The fourth-order valence-electron chi connectivity index (χ4n) is 2.61. The molecule has 0 saturated carbocycles. The van der Waals surface area contributed by atoms with Gasteiger partial charge in [0.05, 0.1) is 10.9 Å². The second kappa shape index (κ2) is 5.90. The number of rotatable bonds is 3. The van der Waals surface area contributed by atoms with Crippen molar-refractivity contribution in [2.24, 2.45) is 0 Å². The molecular formula is C17H12ClNO5. The molecule has 0 aliphatic carbocycles. The van der Waals surface area contributed by atoms with Gasteiger partial charge in [0.15, 0.2) is 0 Å². The largest absolute Gasteiger partial charge is 0.508 e. The number of pyridine rings is 1. The van der Waals surface area contributed by atoms with Crippen LogP contribution in [0.2, 0.25) is 5.02 Å². The highest BCUT2D eigenvalue weighted by Crippen LogP contribution is 2.30. The Hall–Kier alpha value is -2.99. The van der Waals surface area contributed by atoms with Crippen LogP contribution >= 0.6 is 11.6 Å². The van der Waals surface area contributed by atoms with Gasteiger partial charge in [-0.3, -0.25) is 9.59 Å². The molecule has 0 radical (unpaired) electrons. The average molecular weight is 346 g/mol. The Bertz CT molecular complexity index is 1030. The van der Waals surface area contributed by atoms with Gasteiger partial charge in [-0.1, -0.05) is 23.7 Å². The fraction of sp³-hybridized carbons (Fsp3) is 0.0588. The van der Waals surface area contributed by atoms with Gasteiger partial charge in [-0.25, -0.2) is 0 Å². The Kier molecular flexibility index (Phi) is 3.91. The molecule has 0 bridgehead atoms. The van der Waals surface area contributed by atoms with Crippen molar-refractivity contribution in [1.82, 2.24) is 4.57 Å². The fourth-order valence-corrected chi connectivity index (χ4v) is 2.80. The molecule has 0 fully saturated rings. The molecule has 6 nitrogen and oxygen atoms in total. The number of aliphatic carboxylic acids is 1. The van der Waals surface area contributed by atoms with Crippen molar-refractivity contribution in [2.45, 2.75) is 6.54 Å². The summed E-state index contributed by atoms with van der Waals surface area (Å²) in [5.74, 6) is -1.81. The van der Waals surface area contributed by atoms with E-state index < -0.39 is 23.7 Å². The van der Waals surface area contributed by atoms with Crippen LogP contribution in [0, 0.1) is 0 Å². The number of fused-ring (bicyclic) bond motifs is 1. The highest BCUT2D eigenvalue weighted by molar-refractivity contribution is 6.30. The first-order valence-corrected chi connectivity index (χ1v) is 7.31. The minimum atomic E-state index is -1.13. The number of halogens is 1. The van der Waals surface area contributed by atoms with Crippen LogP contribution < -0.4 is 5.43 Å². The molecule has 0 aliphatic rings. The molecule has 0 atom stereocenters. The first-order chi connectivity index (χ1) is 11.4. The number of phenols is 2. The second-order valence-corrected chi connectivity index (χ2v) is 5.70. The van der Waals surface area contributed by atoms with Gasteiger partial charge >= 0.3 is 5.97 Å². The molecule has 24 heavy (non-hydrogen) atoms. The molecule has 7 heteroatoms. The number of nitrogens with zero attached hydrogens (tertiary/aromatic N) is 1. The zero-order chi connectivity index (χ0) is 17.4. The van der Waals surface area contributed by atoms with E-state index in [1.54, 1.807) is 24.3 Å². The lowest BCUT2D eigenvalue weighted by atomic mass is 10.0. The van der Waals surface area contributed by atoms with Crippen LogP contribution in [0.3, 0.4) is 0 Å². The van der Waals surface area contributed by atoms with Gasteiger partial charge in [0.1, 0.15) is 18.0 Å². The smallest absolute Gasteiger partial charge is 0.323 e. The molecular weight excluding hydrogens is 334 g/mol. The lowest BCUT2D eigenvalue weighted by Gasteiger charge is -2.13. The zero-order valence-electron chi connectivity index (χ0n) is 12.2. The molecule has 1 heterocycles. The number of carbonyl (C=O) groups is 1. The van der Waals surface area contributed by atoms with E-state index in [1.807, 2.05) is 0 Å². The van der Waals surface area contributed by atoms with Crippen molar-refractivity contribution in [1.29, 1.82) is 0 Å². The number of carboxylic acid groups (broad SMARTS) is 1. The first kappa shape index (κ1) is 15.9. The maximum absolute atomic E-state index is 12.8. The highest BCUT2D eigenvalue weighted by atomic mass is 35.5. The number of aromatic nitrogens is 1. The number of phenolic OH excluding ortho intramolecular Hbond substituents is 2. The van der Waals surface area contributed by atoms with Crippen LogP contribution in [0.15, 0.2) is 47.4 Å². The molecule has 3 N–H and O–H groups in total. The topological polar surface area (TPSA) is 99.8 Å². The van der Waals surface area contributed by atoms with Gasteiger partial charge in [0, 0.05) is 28.9 Å². The number of hydrogen-bond acceptors (Lipinski definition) is 4. The lowest BCUT2D eigenvalue weighted by molar-refractivity contribution is -0.137. The van der Waals surface area contributed by atoms with E-state index in [1.165, 1.54) is 16.8 Å². The van der Waals surface area contributed by atoms with Gasteiger partial charge in [-0.15, -0.1) is 0 Å². The summed E-state index contributed by atoms with van der Waals surface area (Å²) in [5, 5.41) is 29.2. The van der Waals surface area contributed by atoms with Crippen LogP contribution in [0.1, 0.15) is 0 Å². The SMILES string of the molecule is O=C(O)Cn1cc(-c2cccc(Cl)c2)c(=O)c2c(O)cc(O)cc21. The molecule has 3 rings (SSSR count). The third-order valence-electron chi connectivity index (χ3n) is 3.59. The van der Waals surface area contributed by atoms with Crippen LogP contribution in [0.25, 0.3) is 22.0 Å². The summed E-state index contributed by atoms with van der Waals surface area (Å²) in [4.78, 5) is 23.9. The van der Waals surface area contributed by atoms with Gasteiger partial charge in [-0.05, 0) is 17.7 Å². The summed E-state index contributed by atoms with van der Waals surface area (Å²) in [6.07, 6.45) is 1.38.